The Morgan fingerprint density at radius 3 is 2.07 bits per heavy atom. The number of piperazine rings is 1. The zero-order chi connectivity index (χ0) is 20.1. The van der Waals surface area contributed by atoms with Gasteiger partial charge in [-0.3, -0.25) is 9.59 Å². The summed E-state index contributed by atoms with van der Waals surface area (Å²) in [5, 5.41) is 0.601. The van der Waals surface area contributed by atoms with Crippen molar-refractivity contribution in [2.75, 3.05) is 45.9 Å². The van der Waals surface area contributed by atoms with Gasteiger partial charge in [0.05, 0.1) is 6.61 Å². The second kappa shape index (κ2) is 9.28. The standard InChI is InChI=1S/C20H26ClN3O4/c1-2-28-20(27)24-13-11-23(12-14-24)19(26)16-7-9-22(10-8-16)18(25)15-3-5-17(21)6-4-15/h3-6,16H,2,7-14H2,1H3. The number of amides is 3. The Labute approximate surface area is 170 Å². The third kappa shape index (κ3) is 4.76. The molecule has 0 radical (unpaired) electrons. The van der Waals surface area contributed by atoms with E-state index in [2.05, 4.69) is 0 Å². The molecule has 0 aliphatic carbocycles. The third-order valence-electron chi connectivity index (χ3n) is 5.34. The summed E-state index contributed by atoms with van der Waals surface area (Å²) < 4.78 is 5.01. The summed E-state index contributed by atoms with van der Waals surface area (Å²) in [6.07, 6.45) is 1.01. The van der Waals surface area contributed by atoms with Crippen LogP contribution in [0.5, 0.6) is 0 Å². The number of nitrogens with zero attached hydrogens (tertiary/aromatic N) is 3. The molecular formula is C20H26ClN3O4. The van der Waals surface area contributed by atoms with Gasteiger partial charge in [-0.05, 0) is 44.0 Å². The highest BCUT2D eigenvalue weighted by Gasteiger charge is 2.32. The molecule has 2 aliphatic rings. The SMILES string of the molecule is CCOC(=O)N1CCN(C(=O)C2CCN(C(=O)c3ccc(Cl)cc3)CC2)CC1. The second-order valence-electron chi connectivity index (χ2n) is 7.08. The molecule has 0 saturated carbocycles. The van der Waals surface area contributed by atoms with Crippen molar-refractivity contribution in [1.29, 1.82) is 0 Å². The van der Waals surface area contributed by atoms with Gasteiger partial charge in [-0.25, -0.2) is 4.79 Å². The molecule has 0 spiro atoms. The van der Waals surface area contributed by atoms with Crippen LogP contribution >= 0.6 is 11.6 Å². The van der Waals surface area contributed by atoms with E-state index in [1.165, 1.54) is 0 Å². The van der Waals surface area contributed by atoms with E-state index in [9.17, 15) is 14.4 Å². The fraction of sp³-hybridized carbons (Fsp3) is 0.550. The van der Waals surface area contributed by atoms with Gasteiger partial charge < -0.3 is 19.4 Å². The molecule has 152 valence electrons. The molecule has 2 fully saturated rings. The number of carbonyl (C=O) groups excluding carboxylic acids is 3. The fourth-order valence-electron chi connectivity index (χ4n) is 3.69. The lowest BCUT2D eigenvalue weighted by atomic mass is 9.94. The van der Waals surface area contributed by atoms with Crippen LogP contribution in [0.4, 0.5) is 4.79 Å². The predicted octanol–water partition coefficient (Wildman–Crippen LogP) is 2.49. The van der Waals surface area contributed by atoms with Crippen molar-refractivity contribution in [2.24, 2.45) is 5.92 Å². The maximum absolute atomic E-state index is 12.8. The molecule has 2 heterocycles. The van der Waals surface area contributed by atoms with E-state index in [-0.39, 0.29) is 23.8 Å². The van der Waals surface area contributed by atoms with E-state index in [1.54, 1.807) is 41.0 Å². The molecule has 28 heavy (non-hydrogen) atoms. The quantitative estimate of drug-likeness (QED) is 0.771. The molecule has 3 rings (SSSR count). The zero-order valence-corrected chi connectivity index (χ0v) is 16.9. The molecule has 3 amide bonds. The highest BCUT2D eigenvalue weighted by molar-refractivity contribution is 6.30. The van der Waals surface area contributed by atoms with Crippen molar-refractivity contribution in [3.8, 4) is 0 Å². The summed E-state index contributed by atoms with van der Waals surface area (Å²) in [4.78, 5) is 42.4. The van der Waals surface area contributed by atoms with Crippen LogP contribution in [-0.4, -0.2) is 78.5 Å². The first-order valence-electron chi connectivity index (χ1n) is 9.75. The van der Waals surface area contributed by atoms with Gasteiger partial charge in [-0.2, -0.15) is 0 Å². The van der Waals surface area contributed by atoms with Gasteiger partial charge >= 0.3 is 6.09 Å². The van der Waals surface area contributed by atoms with Crippen LogP contribution in [0.3, 0.4) is 0 Å². The van der Waals surface area contributed by atoms with Gasteiger partial charge in [-0.15, -0.1) is 0 Å². The maximum atomic E-state index is 12.8. The number of ether oxygens (including phenoxy) is 1. The largest absolute Gasteiger partial charge is 0.450 e. The van der Waals surface area contributed by atoms with Crippen LogP contribution in [-0.2, 0) is 9.53 Å². The van der Waals surface area contributed by atoms with Crippen molar-refractivity contribution in [1.82, 2.24) is 14.7 Å². The van der Waals surface area contributed by atoms with Gasteiger partial charge in [-0.1, -0.05) is 11.6 Å². The number of piperidine rings is 1. The van der Waals surface area contributed by atoms with E-state index >= 15 is 0 Å². The van der Waals surface area contributed by atoms with Crippen molar-refractivity contribution < 1.29 is 19.1 Å². The Kier molecular flexibility index (Phi) is 6.78. The zero-order valence-electron chi connectivity index (χ0n) is 16.1. The minimum Gasteiger partial charge on any atom is -0.450 e. The highest BCUT2D eigenvalue weighted by Crippen LogP contribution is 2.22. The van der Waals surface area contributed by atoms with E-state index in [4.69, 9.17) is 16.3 Å². The van der Waals surface area contributed by atoms with Gasteiger partial charge in [0.1, 0.15) is 0 Å². The average molecular weight is 408 g/mol. The number of hydrogen-bond donors (Lipinski definition) is 0. The lowest BCUT2D eigenvalue weighted by Gasteiger charge is -2.38. The lowest BCUT2D eigenvalue weighted by Crippen LogP contribution is -2.53. The molecule has 2 saturated heterocycles. The highest BCUT2D eigenvalue weighted by atomic mass is 35.5. The monoisotopic (exact) mass is 407 g/mol. The Morgan fingerprint density at radius 1 is 0.929 bits per heavy atom. The molecule has 2 aliphatic heterocycles. The number of likely N-dealkylation sites (tertiary alicyclic amines) is 1. The molecule has 7 nitrogen and oxygen atoms in total. The summed E-state index contributed by atoms with van der Waals surface area (Å²) in [6, 6.07) is 6.87. The molecule has 1 aromatic rings. The van der Waals surface area contributed by atoms with Crippen molar-refractivity contribution >= 4 is 29.5 Å². The smallest absolute Gasteiger partial charge is 0.409 e. The summed E-state index contributed by atoms with van der Waals surface area (Å²) in [5.41, 5.74) is 0.615. The van der Waals surface area contributed by atoms with Gasteiger partial charge in [0.2, 0.25) is 5.91 Å². The molecule has 0 bridgehead atoms. The normalized spacial score (nSPS) is 18.1. The molecule has 0 unspecified atom stereocenters. The van der Waals surface area contributed by atoms with Crippen LogP contribution in [0.15, 0.2) is 24.3 Å². The van der Waals surface area contributed by atoms with E-state index < -0.39 is 0 Å². The lowest BCUT2D eigenvalue weighted by molar-refractivity contribution is -0.138. The Hall–Kier alpha value is -2.28. The molecule has 1 aromatic carbocycles. The minimum atomic E-state index is -0.316. The first-order chi connectivity index (χ1) is 13.5. The summed E-state index contributed by atoms with van der Waals surface area (Å²) >= 11 is 5.88. The van der Waals surface area contributed by atoms with Gasteiger partial charge in [0.25, 0.3) is 5.91 Å². The average Bonchev–Trinajstić information content (AvgIpc) is 2.74. The molecule has 8 heteroatoms. The van der Waals surface area contributed by atoms with Gasteiger partial charge in [0, 0.05) is 55.8 Å². The molecule has 0 N–H and O–H groups in total. The van der Waals surface area contributed by atoms with Gasteiger partial charge in [0.15, 0.2) is 0 Å². The Balaban J connectivity index is 1.47. The second-order valence-corrected chi connectivity index (χ2v) is 7.52. The summed E-state index contributed by atoms with van der Waals surface area (Å²) in [5.74, 6) is 0.0381. The summed E-state index contributed by atoms with van der Waals surface area (Å²) in [6.45, 7) is 5.33. The van der Waals surface area contributed by atoms with Crippen molar-refractivity contribution in [3.05, 3.63) is 34.9 Å². The van der Waals surface area contributed by atoms with Crippen LogP contribution in [0.25, 0.3) is 0 Å². The Bertz CT molecular complexity index is 709. The number of halogens is 1. The first kappa shape index (κ1) is 20.5. The number of hydrogen-bond acceptors (Lipinski definition) is 4. The predicted molar refractivity (Wildman–Crippen MR) is 105 cm³/mol. The summed E-state index contributed by atoms with van der Waals surface area (Å²) in [7, 11) is 0. The fourth-order valence-corrected chi connectivity index (χ4v) is 3.81. The number of rotatable bonds is 3. The number of carbonyl (C=O) groups is 3. The maximum Gasteiger partial charge on any atom is 0.409 e. The Morgan fingerprint density at radius 2 is 1.50 bits per heavy atom. The molecule has 0 aromatic heterocycles. The molecular weight excluding hydrogens is 382 g/mol. The van der Waals surface area contributed by atoms with Crippen LogP contribution in [0, 0.1) is 5.92 Å². The van der Waals surface area contributed by atoms with E-state index in [0.717, 1.165) is 0 Å². The first-order valence-corrected chi connectivity index (χ1v) is 10.1. The van der Waals surface area contributed by atoms with E-state index in [1.807, 2.05) is 4.90 Å². The third-order valence-corrected chi connectivity index (χ3v) is 5.59. The van der Waals surface area contributed by atoms with Crippen molar-refractivity contribution in [2.45, 2.75) is 19.8 Å². The molecule has 0 atom stereocenters. The van der Waals surface area contributed by atoms with Crippen molar-refractivity contribution in [3.63, 3.8) is 0 Å². The van der Waals surface area contributed by atoms with Crippen LogP contribution in [0.1, 0.15) is 30.1 Å². The number of benzene rings is 1. The van der Waals surface area contributed by atoms with E-state index in [0.29, 0.717) is 69.3 Å². The topological polar surface area (TPSA) is 70.2 Å². The van der Waals surface area contributed by atoms with Crippen LogP contribution < -0.4 is 0 Å². The van der Waals surface area contributed by atoms with Crippen LogP contribution in [0.2, 0.25) is 5.02 Å². The minimum absolute atomic E-state index is 0.0226.